The first-order valence-electron chi connectivity index (χ1n) is 7.80. The Morgan fingerprint density at radius 3 is 2.80 bits per heavy atom. The molecule has 1 saturated heterocycles. The standard InChI is InChI=1S/C16H15F3N6.H2/c17-16(18,19)11-3-4-12(25-7-9(6-20)8-25)22-14(11)13-10-2-1-5-21-15(10)24-23-13;/h1-5,9H,6-8,20H2,(H,21,23,24);1H. The molecular weight excluding hydrogens is 333 g/mol. The summed E-state index contributed by atoms with van der Waals surface area (Å²) >= 11 is 0. The summed E-state index contributed by atoms with van der Waals surface area (Å²) in [5.74, 6) is 0.851. The van der Waals surface area contributed by atoms with Gasteiger partial charge in [-0.3, -0.25) is 5.10 Å². The first-order chi connectivity index (χ1) is 12.0. The van der Waals surface area contributed by atoms with Crippen LogP contribution in [0, 0.1) is 5.92 Å². The van der Waals surface area contributed by atoms with E-state index in [0.717, 1.165) is 6.07 Å². The molecule has 4 rings (SSSR count). The summed E-state index contributed by atoms with van der Waals surface area (Å²) in [6, 6.07) is 5.79. The molecule has 3 aromatic heterocycles. The Morgan fingerprint density at radius 1 is 1.28 bits per heavy atom. The van der Waals surface area contributed by atoms with E-state index < -0.39 is 11.7 Å². The molecule has 0 radical (unpaired) electrons. The molecule has 25 heavy (non-hydrogen) atoms. The zero-order valence-electron chi connectivity index (χ0n) is 13.1. The molecule has 1 aliphatic heterocycles. The number of aromatic amines is 1. The number of aromatic nitrogens is 4. The first-order valence-corrected chi connectivity index (χ1v) is 7.80. The number of hydrogen-bond donors (Lipinski definition) is 2. The summed E-state index contributed by atoms with van der Waals surface area (Å²) in [5.41, 5.74) is 5.20. The number of nitrogens with one attached hydrogen (secondary N) is 1. The third kappa shape index (κ3) is 2.70. The van der Waals surface area contributed by atoms with Crippen LogP contribution in [0.2, 0.25) is 0 Å². The number of nitrogens with zero attached hydrogens (tertiary/aromatic N) is 4. The Bertz CT molecular complexity index is 920. The monoisotopic (exact) mass is 350 g/mol. The topological polar surface area (TPSA) is 83.7 Å². The highest BCUT2D eigenvalue weighted by molar-refractivity contribution is 5.90. The van der Waals surface area contributed by atoms with Crippen LogP contribution >= 0.6 is 0 Å². The van der Waals surface area contributed by atoms with Crippen LogP contribution in [0.5, 0.6) is 0 Å². The van der Waals surface area contributed by atoms with Gasteiger partial charge in [0, 0.05) is 32.0 Å². The van der Waals surface area contributed by atoms with Gasteiger partial charge in [0.25, 0.3) is 0 Å². The molecule has 0 aliphatic carbocycles. The maximum Gasteiger partial charge on any atom is 0.418 e. The van der Waals surface area contributed by atoms with E-state index in [1.165, 1.54) is 12.3 Å². The van der Waals surface area contributed by atoms with Crippen molar-refractivity contribution in [3.63, 3.8) is 0 Å². The largest absolute Gasteiger partial charge is 0.418 e. The lowest BCUT2D eigenvalue weighted by Crippen LogP contribution is -2.50. The van der Waals surface area contributed by atoms with E-state index in [-0.39, 0.29) is 12.8 Å². The highest BCUT2D eigenvalue weighted by atomic mass is 19.4. The third-order valence-corrected chi connectivity index (χ3v) is 4.37. The molecule has 4 heterocycles. The van der Waals surface area contributed by atoms with E-state index in [2.05, 4.69) is 20.2 Å². The van der Waals surface area contributed by atoms with E-state index in [4.69, 9.17) is 5.73 Å². The summed E-state index contributed by atoms with van der Waals surface area (Å²) in [5, 5.41) is 7.13. The summed E-state index contributed by atoms with van der Waals surface area (Å²) in [6.07, 6.45) is -2.98. The van der Waals surface area contributed by atoms with E-state index in [0.29, 0.717) is 42.4 Å². The van der Waals surface area contributed by atoms with Crippen molar-refractivity contribution in [2.45, 2.75) is 6.18 Å². The van der Waals surface area contributed by atoms with E-state index in [1.54, 1.807) is 12.1 Å². The molecule has 0 amide bonds. The lowest BCUT2D eigenvalue weighted by molar-refractivity contribution is -0.137. The van der Waals surface area contributed by atoms with Crippen LogP contribution in [-0.2, 0) is 6.18 Å². The normalized spacial score (nSPS) is 15.6. The van der Waals surface area contributed by atoms with Gasteiger partial charge in [0.2, 0.25) is 0 Å². The summed E-state index contributed by atoms with van der Waals surface area (Å²) in [4.78, 5) is 10.3. The second-order valence-corrected chi connectivity index (χ2v) is 6.04. The predicted molar refractivity (Wildman–Crippen MR) is 89.0 cm³/mol. The number of anilines is 1. The minimum atomic E-state index is -4.52. The SMILES string of the molecule is NCC1CN(c2ccc(C(F)(F)F)c(-c3[nH]nc4ncccc34)n2)C1.[HH]. The second-order valence-electron chi connectivity index (χ2n) is 6.04. The Hall–Kier alpha value is -2.68. The lowest BCUT2D eigenvalue weighted by Gasteiger charge is -2.39. The van der Waals surface area contributed by atoms with Crippen molar-refractivity contribution < 1.29 is 14.6 Å². The van der Waals surface area contributed by atoms with Crippen molar-refractivity contribution in [3.05, 3.63) is 36.0 Å². The number of H-pyrrole nitrogens is 1. The Kier molecular flexibility index (Phi) is 3.60. The lowest BCUT2D eigenvalue weighted by atomic mass is 10.0. The van der Waals surface area contributed by atoms with Crippen molar-refractivity contribution in [2.24, 2.45) is 11.7 Å². The van der Waals surface area contributed by atoms with E-state index in [1.807, 2.05) is 4.90 Å². The number of rotatable bonds is 3. The van der Waals surface area contributed by atoms with Crippen molar-refractivity contribution in [2.75, 3.05) is 24.5 Å². The average molecular weight is 350 g/mol. The van der Waals surface area contributed by atoms with Gasteiger partial charge in [0.1, 0.15) is 11.5 Å². The van der Waals surface area contributed by atoms with Gasteiger partial charge in [-0.25, -0.2) is 9.97 Å². The quantitative estimate of drug-likeness (QED) is 0.759. The highest BCUT2D eigenvalue weighted by Crippen LogP contribution is 2.39. The molecule has 0 aromatic carbocycles. The minimum Gasteiger partial charge on any atom is -0.356 e. The fourth-order valence-corrected chi connectivity index (χ4v) is 2.98. The van der Waals surface area contributed by atoms with E-state index >= 15 is 0 Å². The van der Waals surface area contributed by atoms with Crippen LogP contribution in [0.25, 0.3) is 22.4 Å². The smallest absolute Gasteiger partial charge is 0.356 e. The van der Waals surface area contributed by atoms with Crippen LogP contribution < -0.4 is 10.6 Å². The number of halogens is 3. The fourth-order valence-electron chi connectivity index (χ4n) is 2.98. The third-order valence-electron chi connectivity index (χ3n) is 4.37. The number of hydrogen-bond acceptors (Lipinski definition) is 5. The molecule has 0 bridgehead atoms. The van der Waals surface area contributed by atoms with Crippen LogP contribution in [0.15, 0.2) is 30.5 Å². The molecule has 1 aliphatic rings. The number of fused-ring (bicyclic) bond motifs is 1. The Labute approximate surface area is 142 Å². The summed E-state index contributed by atoms with van der Waals surface area (Å²) in [7, 11) is 0. The first kappa shape index (κ1) is 15.8. The molecule has 132 valence electrons. The molecular formula is C16H17F3N6. The van der Waals surface area contributed by atoms with Crippen LogP contribution in [0.1, 0.15) is 6.99 Å². The molecule has 3 aromatic rings. The van der Waals surface area contributed by atoms with Gasteiger partial charge >= 0.3 is 6.18 Å². The molecule has 1 fully saturated rings. The van der Waals surface area contributed by atoms with Gasteiger partial charge in [-0.2, -0.15) is 18.3 Å². The van der Waals surface area contributed by atoms with Gasteiger partial charge in [0.15, 0.2) is 5.65 Å². The minimum absolute atomic E-state index is 0. The van der Waals surface area contributed by atoms with Crippen molar-refractivity contribution in [1.82, 2.24) is 20.2 Å². The highest BCUT2D eigenvalue weighted by Gasteiger charge is 2.36. The molecule has 6 nitrogen and oxygen atoms in total. The van der Waals surface area contributed by atoms with Gasteiger partial charge < -0.3 is 10.6 Å². The van der Waals surface area contributed by atoms with Gasteiger partial charge in [-0.1, -0.05) is 0 Å². The molecule has 0 saturated carbocycles. The maximum absolute atomic E-state index is 13.5. The Morgan fingerprint density at radius 2 is 2.08 bits per heavy atom. The molecule has 3 N–H and O–H groups in total. The van der Waals surface area contributed by atoms with Gasteiger partial charge in [-0.05, 0) is 30.8 Å². The zero-order valence-corrected chi connectivity index (χ0v) is 13.1. The van der Waals surface area contributed by atoms with Crippen LogP contribution in [-0.4, -0.2) is 39.8 Å². The fraction of sp³-hybridized carbons (Fsp3) is 0.312. The van der Waals surface area contributed by atoms with E-state index in [9.17, 15) is 13.2 Å². The van der Waals surface area contributed by atoms with Gasteiger partial charge in [0.05, 0.1) is 11.3 Å². The van der Waals surface area contributed by atoms with Crippen molar-refractivity contribution in [1.29, 1.82) is 0 Å². The molecule has 9 heteroatoms. The van der Waals surface area contributed by atoms with Crippen LogP contribution in [0.4, 0.5) is 19.0 Å². The zero-order chi connectivity index (χ0) is 17.6. The molecule has 0 spiro atoms. The average Bonchev–Trinajstić information content (AvgIpc) is 2.97. The predicted octanol–water partition coefficient (Wildman–Crippen LogP) is 2.68. The van der Waals surface area contributed by atoms with Crippen LogP contribution in [0.3, 0.4) is 0 Å². The number of pyridine rings is 2. The van der Waals surface area contributed by atoms with Gasteiger partial charge in [-0.15, -0.1) is 0 Å². The van der Waals surface area contributed by atoms with Crippen molar-refractivity contribution in [3.8, 4) is 11.4 Å². The van der Waals surface area contributed by atoms with Crippen molar-refractivity contribution >= 4 is 16.9 Å². The summed E-state index contributed by atoms with van der Waals surface area (Å²) < 4.78 is 40.4. The molecule has 0 atom stereocenters. The Balaban J connectivity index is 0.00000196. The molecule has 0 unspecified atom stereocenters. The summed E-state index contributed by atoms with van der Waals surface area (Å²) in [6.45, 7) is 1.94. The number of nitrogens with two attached hydrogens (primary N) is 1. The number of alkyl halides is 3. The maximum atomic E-state index is 13.5. The second kappa shape index (κ2) is 5.69.